The average Bonchev–Trinajstić information content (AvgIpc) is 2.84. The van der Waals surface area contributed by atoms with Crippen LogP contribution in [0.2, 0.25) is 0 Å². The molecule has 2 aromatic carbocycles. The van der Waals surface area contributed by atoms with Gasteiger partial charge < -0.3 is 0 Å². The number of benzene rings is 2. The third kappa shape index (κ3) is 2.38. The molecule has 3 aromatic rings. The van der Waals surface area contributed by atoms with E-state index in [1.165, 1.54) is 3.97 Å². The molecule has 22 heavy (non-hydrogen) atoms. The van der Waals surface area contributed by atoms with Crippen molar-refractivity contribution in [1.82, 2.24) is 3.97 Å². The average molecular weight is 378 g/mol. The smallest absolute Gasteiger partial charge is 0.238 e. The zero-order valence-corrected chi connectivity index (χ0v) is 14.8. The molecule has 0 radical (unpaired) electrons. The molecule has 1 heterocycles. The van der Waals surface area contributed by atoms with Crippen molar-refractivity contribution in [2.75, 3.05) is 0 Å². The van der Waals surface area contributed by atoms with Crippen LogP contribution in [-0.2, 0) is 15.4 Å². The lowest BCUT2D eigenvalue weighted by molar-refractivity contribution is 0.588. The maximum absolute atomic E-state index is 13.0. The van der Waals surface area contributed by atoms with Crippen LogP contribution in [0.25, 0.3) is 10.9 Å². The molecule has 114 valence electrons. The summed E-state index contributed by atoms with van der Waals surface area (Å²) in [6.07, 6.45) is 0. The molecule has 0 spiro atoms. The van der Waals surface area contributed by atoms with Crippen LogP contribution in [0, 0.1) is 13.8 Å². The molecule has 3 rings (SSSR count). The van der Waals surface area contributed by atoms with E-state index in [2.05, 4.69) is 15.9 Å². The fraction of sp³-hybridized carbons (Fsp3) is 0.176. The Balaban J connectivity index is 2.30. The van der Waals surface area contributed by atoms with Crippen molar-refractivity contribution < 1.29 is 8.42 Å². The van der Waals surface area contributed by atoms with E-state index in [-0.39, 0.29) is 0 Å². The maximum atomic E-state index is 13.0. The van der Waals surface area contributed by atoms with Gasteiger partial charge in [-0.05, 0) is 43.7 Å². The van der Waals surface area contributed by atoms with Crippen LogP contribution in [-0.4, -0.2) is 12.4 Å². The molecule has 3 nitrogen and oxygen atoms in total. The lowest BCUT2D eigenvalue weighted by Crippen LogP contribution is -2.14. The normalized spacial score (nSPS) is 12.0. The number of fused-ring (bicyclic) bond motifs is 1. The molecular formula is C17H16BrNO2S. The molecule has 1 aromatic heterocycles. The molecule has 0 aliphatic rings. The van der Waals surface area contributed by atoms with E-state index < -0.39 is 10.0 Å². The van der Waals surface area contributed by atoms with Crippen LogP contribution in [0.4, 0.5) is 0 Å². The highest BCUT2D eigenvalue weighted by Gasteiger charge is 2.21. The van der Waals surface area contributed by atoms with Crippen molar-refractivity contribution in [2.24, 2.45) is 0 Å². The van der Waals surface area contributed by atoms with E-state index in [4.69, 9.17) is 0 Å². The van der Waals surface area contributed by atoms with Gasteiger partial charge >= 0.3 is 0 Å². The highest BCUT2D eigenvalue weighted by Crippen LogP contribution is 2.28. The first-order valence-electron chi connectivity index (χ1n) is 6.93. The van der Waals surface area contributed by atoms with Crippen LogP contribution in [0.5, 0.6) is 0 Å². The predicted molar refractivity (Wildman–Crippen MR) is 93.1 cm³/mol. The van der Waals surface area contributed by atoms with Crippen LogP contribution in [0.1, 0.15) is 16.8 Å². The maximum Gasteiger partial charge on any atom is 0.268 e. The molecule has 0 saturated carbocycles. The summed E-state index contributed by atoms with van der Waals surface area (Å²) in [4.78, 5) is 0.308. The second-order valence-electron chi connectivity index (χ2n) is 5.35. The SMILES string of the molecule is Cc1ccc(S(=O)(=O)n2c(C)cc3c(CBr)cccc32)cc1. The third-order valence-electron chi connectivity index (χ3n) is 3.77. The first-order valence-corrected chi connectivity index (χ1v) is 9.49. The van der Waals surface area contributed by atoms with Gasteiger partial charge in [0.05, 0.1) is 10.4 Å². The van der Waals surface area contributed by atoms with Crippen molar-refractivity contribution in [3.8, 4) is 0 Å². The molecule has 0 fully saturated rings. The minimum atomic E-state index is -3.59. The van der Waals surface area contributed by atoms with E-state index >= 15 is 0 Å². The Morgan fingerprint density at radius 2 is 1.73 bits per heavy atom. The number of hydrogen-bond acceptors (Lipinski definition) is 2. The van der Waals surface area contributed by atoms with Gasteiger partial charge in [0.2, 0.25) is 0 Å². The van der Waals surface area contributed by atoms with E-state index in [0.29, 0.717) is 15.9 Å². The largest absolute Gasteiger partial charge is 0.268 e. The first kappa shape index (κ1) is 15.3. The number of nitrogens with zero attached hydrogens (tertiary/aromatic N) is 1. The summed E-state index contributed by atoms with van der Waals surface area (Å²) in [5.74, 6) is 0. The Labute approximate surface area is 138 Å². The minimum absolute atomic E-state index is 0.308. The molecule has 0 amide bonds. The number of rotatable bonds is 3. The summed E-state index contributed by atoms with van der Waals surface area (Å²) >= 11 is 3.46. The molecule has 0 aliphatic carbocycles. The summed E-state index contributed by atoms with van der Waals surface area (Å²) in [5.41, 5.74) is 3.55. The van der Waals surface area contributed by atoms with Crippen molar-refractivity contribution >= 4 is 36.9 Å². The number of aromatic nitrogens is 1. The topological polar surface area (TPSA) is 39.1 Å². The molecule has 0 unspecified atom stereocenters. The molecule has 5 heteroatoms. The first-order chi connectivity index (χ1) is 10.4. The number of hydrogen-bond donors (Lipinski definition) is 0. The minimum Gasteiger partial charge on any atom is -0.238 e. The Kier molecular flexibility index (Phi) is 3.87. The highest BCUT2D eigenvalue weighted by molar-refractivity contribution is 9.08. The summed E-state index contributed by atoms with van der Waals surface area (Å²) in [6, 6.07) is 14.6. The van der Waals surface area contributed by atoms with Crippen LogP contribution < -0.4 is 0 Å². The molecule has 0 saturated heterocycles. The molecular weight excluding hydrogens is 362 g/mol. The predicted octanol–water partition coefficient (Wildman–Crippen LogP) is 4.39. The summed E-state index contributed by atoms with van der Waals surface area (Å²) < 4.78 is 27.4. The van der Waals surface area contributed by atoms with Crippen molar-refractivity contribution in [2.45, 2.75) is 24.1 Å². The van der Waals surface area contributed by atoms with Crippen LogP contribution in [0.3, 0.4) is 0 Å². The van der Waals surface area contributed by atoms with E-state index in [9.17, 15) is 8.42 Å². The highest BCUT2D eigenvalue weighted by atomic mass is 79.9. The molecule has 0 N–H and O–H groups in total. The number of aryl methyl sites for hydroxylation is 2. The Morgan fingerprint density at radius 3 is 2.36 bits per heavy atom. The molecule has 0 bridgehead atoms. The third-order valence-corrected chi connectivity index (χ3v) is 6.21. The Hall–Kier alpha value is -1.59. The Bertz CT molecular complexity index is 941. The van der Waals surface area contributed by atoms with E-state index in [1.54, 1.807) is 12.1 Å². The molecule has 0 aliphatic heterocycles. The quantitative estimate of drug-likeness (QED) is 0.634. The second-order valence-corrected chi connectivity index (χ2v) is 7.70. The van der Waals surface area contributed by atoms with Gasteiger partial charge in [0, 0.05) is 16.4 Å². The van der Waals surface area contributed by atoms with Gasteiger partial charge in [-0.1, -0.05) is 45.8 Å². The lowest BCUT2D eigenvalue weighted by atomic mass is 10.1. The van der Waals surface area contributed by atoms with Gasteiger partial charge in [-0.3, -0.25) is 0 Å². The lowest BCUT2D eigenvalue weighted by Gasteiger charge is -2.10. The zero-order valence-electron chi connectivity index (χ0n) is 12.4. The molecule has 0 atom stereocenters. The van der Waals surface area contributed by atoms with Crippen molar-refractivity contribution in [3.63, 3.8) is 0 Å². The van der Waals surface area contributed by atoms with E-state index in [0.717, 1.165) is 22.0 Å². The van der Waals surface area contributed by atoms with Gasteiger partial charge in [-0.2, -0.15) is 0 Å². The standard InChI is InChI=1S/C17H16BrNO2S/c1-12-6-8-15(9-7-12)22(20,21)19-13(2)10-16-14(11-18)4-3-5-17(16)19/h3-10H,11H2,1-2H3. The fourth-order valence-electron chi connectivity index (χ4n) is 2.65. The van der Waals surface area contributed by atoms with Gasteiger partial charge in [-0.25, -0.2) is 12.4 Å². The number of halogens is 1. The summed E-state index contributed by atoms with van der Waals surface area (Å²) in [6.45, 7) is 3.76. The van der Waals surface area contributed by atoms with Gasteiger partial charge in [0.15, 0.2) is 0 Å². The van der Waals surface area contributed by atoms with Crippen LogP contribution >= 0.6 is 15.9 Å². The van der Waals surface area contributed by atoms with Gasteiger partial charge in [0.1, 0.15) is 0 Å². The fourth-order valence-corrected chi connectivity index (χ4v) is 4.68. The Morgan fingerprint density at radius 1 is 1.05 bits per heavy atom. The monoisotopic (exact) mass is 377 g/mol. The van der Waals surface area contributed by atoms with Gasteiger partial charge in [0.25, 0.3) is 10.0 Å². The van der Waals surface area contributed by atoms with Crippen molar-refractivity contribution in [3.05, 3.63) is 65.4 Å². The van der Waals surface area contributed by atoms with E-state index in [1.807, 2.05) is 50.2 Å². The summed E-state index contributed by atoms with van der Waals surface area (Å²) in [7, 11) is -3.59. The van der Waals surface area contributed by atoms with Gasteiger partial charge in [-0.15, -0.1) is 0 Å². The van der Waals surface area contributed by atoms with Crippen LogP contribution in [0.15, 0.2) is 53.4 Å². The summed E-state index contributed by atoms with van der Waals surface area (Å²) in [5, 5.41) is 1.66. The van der Waals surface area contributed by atoms with Crippen molar-refractivity contribution in [1.29, 1.82) is 0 Å². The zero-order chi connectivity index (χ0) is 15.9. The number of alkyl halides is 1. The second kappa shape index (κ2) is 5.56.